The first-order valence-corrected chi connectivity index (χ1v) is 7.59. The zero-order valence-electron chi connectivity index (χ0n) is 13.5. The van der Waals surface area contributed by atoms with Crippen molar-refractivity contribution in [3.8, 4) is 0 Å². The number of hydrogen-bond acceptors (Lipinski definition) is 5. The molecule has 0 aromatic heterocycles. The highest BCUT2D eigenvalue weighted by Crippen LogP contribution is 2.17. The van der Waals surface area contributed by atoms with Gasteiger partial charge in [0, 0.05) is 26.2 Å². The van der Waals surface area contributed by atoms with Gasteiger partial charge in [0.25, 0.3) is 0 Å². The number of carbonyl (C=O) groups is 1. The van der Waals surface area contributed by atoms with Gasteiger partial charge in [-0.05, 0) is 26.7 Å². The number of carbonyl (C=O) groups excluding carboxylic acids is 1. The predicted octanol–water partition coefficient (Wildman–Crippen LogP) is 1.87. The minimum atomic E-state index is -1.28. The SMILES string of the molecule is CCCOCCOCCCC(=O)COC(C)(C)C(F)CN. The van der Waals surface area contributed by atoms with Crippen molar-refractivity contribution in [2.24, 2.45) is 5.73 Å². The third-order valence-corrected chi connectivity index (χ3v) is 3.03. The van der Waals surface area contributed by atoms with E-state index in [1.54, 1.807) is 13.8 Å². The summed E-state index contributed by atoms with van der Waals surface area (Å²) < 4.78 is 29.3. The number of rotatable bonds is 14. The maximum Gasteiger partial charge on any atom is 0.158 e. The Bertz CT molecular complexity index is 274. The topological polar surface area (TPSA) is 70.8 Å². The molecular weight excluding hydrogens is 277 g/mol. The average molecular weight is 307 g/mol. The Morgan fingerprint density at radius 3 is 2.38 bits per heavy atom. The molecule has 0 amide bonds. The normalized spacial score (nSPS) is 13.4. The number of Topliss-reactive ketones (excluding diaryl/α,β-unsaturated/α-hetero) is 1. The summed E-state index contributed by atoms with van der Waals surface area (Å²) in [6.07, 6.45) is 0.712. The van der Waals surface area contributed by atoms with E-state index in [2.05, 4.69) is 6.92 Å². The number of nitrogens with two attached hydrogens (primary N) is 1. The van der Waals surface area contributed by atoms with Crippen molar-refractivity contribution >= 4 is 5.78 Å². The molecule has 1 atom stereocenters. The van der Waals surface area contributed by atoms with Gasteiger partial charge in [0.2, 0.25) is 0 Å². The first-order valence-electron chi connectivity index (χ1n) is 7.59. The minimum Gasteiger partial charge on any atom is -0.379 e. The third-order valence-electron chi connectivity index (χ3n) is 3.03. The summed E-state index contributed by atoms with van der Waals surface area (Å²) in [7, 11) is 0. The maximum atomic E-state index is 13.4. The van der Waals surface area contributed by atoms with Gasteiger partial charge in [0.15, 0.2) is 5.78 Å². The Labute approximate surface area is 127 Å². The number of alkyl halides is 1. The fourth-order valence-corrected chi connectivity index (χ4v) is 1.55. The molecule has 0 aromatic rings. The van der Waals surface area contributed by atoms with Crippen LogP contribution < -0.4 is 5.73 Å². The Morgan fingerprint density at radius 1 is 1.19 bits per heavy atom. The first kappa shape index (κ1) is 20.4. The average Bonchev–Trinajstić information content (AvgIpc) is 2.47. The van der Waals surface area contributed by atoms with Crippen molar-refractivity contribution in [2.75, 3.05) is 39.6 Å². The van der Waals surface area contributed by atoms with Crippen LogP contribution in [0.5, 0.6) is 0 Å². The second kappa shape index (κ2) is 12.0. The van der Waals surface area contributed by atoms with Crippen molar-refractivity contribution in [1.29, 1.82) is 0 Å². The molecule has 5 nitrogen and oxygen atoms in total. The van der Waals surface area contributed by atoms with E-state index in [1.165, 1.54) is 0 Å². The summed E-state index contributed by atoms with van der Waals surface area (Å²) in [6.45, 7) is 7.41. The Balaban J connectivity index is 3.55. The number of ketones is 1. The van der Waals surface area contributed by atoms with E-state index in [0.29, 0.717) is 32.7 Å². The van der Waals surface area contributed by atoms with Crippen LogP contribution in [0, 0.1) is 0 Å². The Kier molecular flexibility index (Phi) is 11.7. The molecule has 0 bridgehead atoms. The van der Waals surface area contributed by atoms with Crippen LogP contribution in [0.15, 0.2) is 0 Å². The minimum absolute atomic E-state index is 0.0573. The Hall–Kier alpha value is -0.560. The van der Waals surface area contributed by atoms with Gasteiger partial charge in [-0.1, -0.05) is 6.92 Å². The van der Waals surface area contributed by atoms with Crippen LogP contribution in [0.4, 0.5) is 4.39 Å². The van der Waals surface area contributed by atoms with Crippen LogP contribution in [-0.4, -0.2) is 57.1 Å². The van der Waals surface area contributed by atoms with E-state index in [9.17, 15) is 9.18 Å². The number of hydrogen-bond donors (Lipinski definition) is 1. The molecule has 0 radical (unpaired) electrons. The van der Waals surface area contributed by atoms with Crippen molar-refractivity contribution < 1.29 is 23.4 Å². The summed E-state index contributed by atoms with van der Waals surface area (Å²) >= 11 is 0. The lowest BCUT2D eigenvalue weighted by Crippen LogP contribution is -2.42. The summed E-state index contributed by atoms with van der Waals surface area (Å²) in [5.74, 6) is -0.0573. The molecule has 6 heteroatoms. The van der Waals surface area contributed by atoms with E-state index >= 15 is 0 Å². The molecule has 0 aliphatic heterocycles. The van der Waals surface area contributed by atoms with Gasteiger partial charge >= 0.3 is 0 Å². The molecule has 0 aliphatic carbocycles. The summed E-state index contributed by atoms with van der Waals surface area (Å²) in [5.41, 5.74) is 4.22. The van der Waals surface area contributed by atoms with Gasteiger partial charge in [-0.3, -0.25) is 4.79 Å². The highest BCUT2D eigenvalue weighted by Gasteiger charge is 2.29. The molecule has 0 saturated heterocycles. The molecule has 0 aliphatic rings. The van der Waals surface area contributed by atoms with Gasteiger partial charge in [-0.2, -0.15) is 0 Å². The van der Waals surface area contributed by atoms with Crippen LogP contribution >= 0.6 is 0 Å². The third kappa shape index (κ3) is 10.8. The molecule has 0 spiro atoms. The molecule has 1 unspecified atom stereocenters. The zero-order chi connectivity index (χ0) is 16.1. The van der Waals surface area contributed by atoms with E-state index in [-0.39, 0.29) is 18.9 Å². The lowest BCUT2D eigenvalue weighted by Gasteiger charge is -2.27. The van der Waals surface area contributed by atoms with Crippen molar-refractivity contribution in [3.63, 3.8) is 0 Å². The van der Waals surface area contributed by atoms with Crippen LogP contribution in [0.2, 0.25) is 0 Å². The zero-order valence-corrected chi connectivity index (χ0v) is 13.5. The van der Waals surface area contributed by atoms with Crippen molar-refractivity contribution in [2.45, 2.75) is 51.8 Å². The fourth-order valence-electron chi connectivity index (χ4n) is 1.55. The molecule has 0 saturated carbocycles. The van der Waals surface area contributed by atoms with E-state index in [4.69, 9.17) is 19.9 Å². The predicted molar refractivity (Wildman–Crippen MR) is 80.2 cm³/mol. The van der Waals surface area contributed by atoms with Gasteiger partial charge in [-0.15, -0.1) is 0 Å². The van der Waals surface area contributed by atoms with Gasteiger partial charge in [0.05, 0.1) is 18.8 Å². The molecule has 0 rings (SSSR count). The van der Waals surface area contributed by atoms with Gasteiger partial charge in [-0.25, -0.2) is 4.39 Å². The van der Waals surface area contributed by atoms with Crippen molar-refractivity contribution in [3.05, 3.63) is 0 Å². The molecule has 0 fully saturated rings. The van der Waals surface area contributed by atoms with Crippen LogP contribution in [-0.2, 0) is 19.0 Å². The molecule has 2 N–H and O–H groups in total. The quantitative estimate of drug-likeness (QED) is 0.496. The largest absolute Gasteiger partial charge is 0.379 e. The lowest BCUT2D eigenvalue weighted by molar-refractivity contribution is -0.133. The fraction of sp³-hybridized carbons (Fsp3) is 0.933. The summed E-state index contributed by atoms with van der Waals surface area (Å²) in [4.78, 5) is 11.6. The summed E-state index contributed by atoms with van der Waals surface area (Å²) in [6, 6.07) is 0. The number of halogens is 1. The van der Waals surface area contributed by atoms with E-state index in [1.807, 2.05) is 0 Å². The van der Waals surface area contributed by atoms with Crippen LogP contribution in [0.1, 0.15) is 40.0 Å². The van der Waals surface area contributed by atoms with Crippen LogP contribution in [0.3, 0.4) is 0 Å². The molecule has 0 aromatic carbocycles. The highest BCUT2D eigenvalue weighted by molar-refractivity contribution is 5.79. The molecule has 126 valence electrons. The molecule has 0 heterocycles. The smallest absolute Gasteiger partial charge is 0.158 e. The van der Waals surface area contributed by atoms with E-state index < -0.39 is 11.8 Å². The van der Waals surface area contributed by atoms with Crippen LogP contribution in [0.25, 0.3) is 0 Å². The second-order valence-electron chi connectivity index (χ2n) is 5.46. The molecular formula is C15H30FNO4. The monoisotopic (exact) mass is 307 g/mol. The van der Waals surface area contributed by atoms with Crippen molar-refractivity contribution in [1.82, 2.24) is 0 Å². The number of ether oxygens (including phenoxy) is 3. The Morgan fingerprint density at radius 2 is 1.81 bits per heavy atom. The maximum absolute atomic E-state index is 13.4. The van der Waals surface area contributed by atoms with E-state index in [0.717, 1.165) is 13.0 Å². The molecule has 21 heavy (non-hydrogen) atoms. The first-order chi connectivity index (χ1) is 9.94. The standard InChI is InChI=1S/C15H30FNO4/c1-4-7-19-9-10-20-8-5-6-13(18)12-21-15(2,3)14(16)11-17/h14H,4-12,17H2,1-3H3. The van der Waals surface area contributed by atoms with Gasteiger partial charge in [0.1, 0.15) is 12.8 Å². The summed E-state index contributed by atoms with van der Waals surface area (Å²) in [5, 5.41) is 0. The van der Waals surface area contributed by atoms with Gasteiger partial charge < -0.3 is 19.9 Å². The highest BCUT2D eigenvalue weighted by atomic mass is 19.1. The lowest BCUT2D eigenvalue weighted by atomic mass is 10.0. The second-order valence-corrected chi connectivity index (χ2v) is 5.46.